The zero-order valence-corrected chi connectivity index (χ0v) is 29.2. The summed E-state index contributed by atoms with van der Waals surface area (Å²) in [5.41, 5.74) is 3.49. The number of benzene rings is 3. The molecule has 3 N–H and O–H groups in total. The molecule has 0 fully saturated rings. The number of allylic oxidation sites excluding steroid dienone is 2. The Balaban J connectivity index is 1.33. The largest absolute Gasteiger partial charge is 0.481 e. The van der Waals surface area contributed by atoms with E-state index in [4.69, 9.17) is 14.3 Å². The third kappa shape index (κ3) is 9.78. The van der Waals surface area contributed by atoms with Crippen molar-refractivity contribution in [2.45, 2.75) is 57.0 Å². The van der Waals surface area contributed by atoms with Gasteiger partial charge in [0.2, 0.25) is 21.5 Å². The quantitative estimate of drug-likeness (QED) is 0.0425. The molecule has 15 nitrogen and oxygen atoms in total. The maximum Gasteiger partial charge on any atom is 0.374 e. The van der Waals surface area contributed by atoms with E-state index in [1.165, 1.54) is 42.5 Å². The predicted molar refractivity (Wildman–Crippen MR) is 187 cm³/mol. The predicted octanol–water partition coefficient (Wildman–Crippen LogP) is 5.09. The molecule has 0 bridgehead atoms. The number of nitro groups is 1. The number of carboxylic acids is 1. The molecule has 0 saturated carbocycles. The molecular formula is C34H37N4O11S2+. The van der Waals surface area contributed by atoms with Gasteiger partial charge in [0.25, 0.3) is 21.3 Å². The number of nitrogens with zero attached hydrogens (tertiary/aromatic N) is 3. The number of aryl methyl sites for hydroxylation is 2. The monoisotopic (exact) mass is 741 g/mol. The van der Waals surface area contributed by atoms with Crippen LogP contribution in [-0.2, 0) is 38.0 Å². The van der Waals surface area contributed by atoms with Crippen LogP contribution in [0.15, 0.2) is 88.0 Å². The number of carboxylic acid groups (broad SMARTS) is 1. The lowest BCUT2D eigenvalue weighted by atomic mass is 10.2. The number of hydrogen-bond acceptors (Lipinski definition) is 10. The van der Waals surface area contributed by atoms with E-state index < -0.39 is 31.0 Å². The average molecular weight is 742 g/mol. The van der Waals surface area contributed by atoms with Gasteiger partial charge in [0.1, 0.15) is 0 Å². The molecule has 0 unspecified atom stereocenters. The first-order valence-corrected chi connectivity index (χ1v) is 19.1. The minimum atomic E-state index is -4.52. The van der Waals surface area contributed by atoms with Gasteiger partial charge < -0.3 is 19.2 Å². The van der Waals surface area contributed by atoms with Crippen molar-refractivity contribution < 1.29 is 49.9 Å². The van der Waals surface area contributed by atoms with E-state index in [0.717, 1.165) is 23.9 Å². The van der Waals surface area contributed by atoms with Gasteiger partial charge in [0, 0.05) is 50.2 Å². The first kappa shape index (κ1) is 37.2. The van der Waals surface area contributed by atoms with Crippen LogP contribution in [0.2, 0.25) is 0 Å². The molecular weight excluding hydrogens is 705 g/mol. The number of fused-ring (bicyclic) bond motifs is 2. The molecule has 17 heteroatoms. The van der Waals surface area contributed by atoms with E-state index in [9.17, 15) is 36.3 Å². The molecule has 1 aliphatic heterocycles. The Morgan fingerprint density at radius 1 is 1.02 bits per heavy atom. The van der Waals surface area contributed by atoms with Gasteiger partial charge in [-0.05, 0) is 67.7 Å². The molecule has 0 spiro atoms. The number of rotatable bonds is 17. The number of nitrogens with one attached hydrogen (secondary N) is 1. The molecule has 2 heterocycles. The molecule has 1 aromatic heterocycles. The lowest BCUT2D eigenvalue weighted by Gasteiger charge is -2.18. The fraction of sp³-hybridized carbons (Fsp3) is 0.294. The molecule has 0 saturated heterocycles. The number of unbranched alkanes of at least 4 members (excludes halogenated alkanes) is 2. The molecule has 5 rings (SSSR count). The van der Waals surface area contributed by atoms with Crippen LogP contribution in [0, 0.1) is 17.0 Å². The van der Waals surface area contributed by atoms with Crippen molar-refractivity contribution in [3.63, 3.8) is 0 Å². The molecule has 3 aromatic carbocycles. The Bertz CT molecular complexity index is 2210. The average Bonchev–Trinajstić information content (AvgIpc) is 3.59. The second-order valence-corrected chi connectivity index (χ2v) is 15.3. The van der Waals surface area contributed by atoms with Crippen LogP contribution in [0.1, 0.15) is 49.1 Å². The SMILES string of the molecule is Cc1ccc2c(c1)oc(/C=C/C=C1\Oc3cc(S(=O)(=O)O)ccc3N1CCCS(=O)(=O)NCc1ccc([N+](=O)[O-])cc1)[n+]2CCCCCC(=O)O. The third-order valence-corrected chi connectivity index (χ3v) is 10.3. The number of anilines is 1. The van der Waals surface area contributed by atoms with E-state index in [2.05, 4.69) is 4.72 Å². The number of oxazole rings is 1. The van der Waals surface area contributed by atoms with Gasteiger partial charge in [0.05, 0.1) is 27.3 Å². The Morgan fingerprint density at radius 2 is 1.78 bits per heavy atom. The number of carbonyl (C=O) groups is 1. The summed E-state index contributed by atoms with van der Waals surface area (Å²) in [5, 5.41) is 19.8. The third-order valence-electron chi connectivity index (χ3n) is 8.08. The molecule has 0 amide bonds. The Hall–Kier alpha value is -5.10. The van der Waals surface area contributed by atoms with E-state index >= 15 is 0 Å². The summed E-state index contributed by atoms with van der Waals surface area (Å²) in [6.07, 6.45) is 7.31. The number of hydrogen-bond donors (Lipinski definition) is 3. The Morgan fingerprint density at radius 3 is 2.49 bits per heavy atom. The minimum Gasteiger partial charge on any atom is -0.481 e. The highest BCUT2D eigenvalue weighted by Crippen LogP contribution is 2.40. The van der Waals surface area contributed by atoms with E-state index in [0.29, 0.717) is 35.7 Å². The number of aliphatic carboxylic acids is 1. The van der Waals surface area contributed by atoms with E-state index in [1.54, 1.807) is 23.1 Å². The van der Waals surface area contributed by atoms with Gasteiger partial charge in [-0.1, -0.05) is 18.2 Å². The van der Waals surface area contributed by atoms with Crippen LogP contribution in [-0.4, -0.2) is 49.7 Å². The number of sulfonamides is 1. The lowest BCUT2D eigenvalue weighted by molar-refractivity contribution is -0.678. The summed E-state index contributed by atoms with van der Waals surface area (Å²) >= 11 is 0. The van der Waals surface area contributed by atoms with E-state index in [-0.39, 0.29) is 53.9 Å². The van der Waals surface area contributed by atoms with Crippen LogP contribution in [0.5, 0.6) is 5.75 Å². The Kier molecular flexibility index (Phi) is 11.5. The van der Waals surface area contributed by atoms with E-state index in [1.807, 2.05) is 29.7 Å². The second kappa shape index (κ2) is 15.8. The molecule has 0 radical (unpaired) electrons. The zero-order chi connectivity index (χ0) is 36.8. The normalized spacial score (nSPS) is 14.0. The topological polar surface area (TPSA) is 210 Å². The highest BCUT2D eigenvalue weighted by molar-refractivity contribution is 7.89. The van der Waals surface area contributed by atoms with Crippen LogP contribution in [0.25, 0.3) is 17.2 Å². The van der Waals surface area contributed by atoms with Crippen LogP contribution in [0.4, 0.5) is 11.4 Å². The number of non-ortho nitro benzene ring substituents is 1. The van der Waals surface area contributed by atoms with Crippen molar-refractivity contribution in [3.8, 4) is 5.75 Å². The van der Waals surface area contributed by atoms with Gasteiger partial charge >= 0.3 is 11.9 Å². The van der Waals surface area contributed by atoms with Crippen molar-refractivity contribution in [2.24, 2.45) is 0 Å². The minimum absolute atomic E-state index is 0.0476. The fourth-order valence-electron chi connectivity index (χ4n) is 5.52. The Labute approximate surface area is 294 Å². The van der Waals surface area contributed by atoms with Crippen LogP contribution < -0.4 is 18.9 Å². The first-order valence-electron chi connectivity index (χ1n) is 16.0. The van der Waals surface area contributed by atoms with Gasteiger partial charge in [0.15, 0.2) is 12.3 Å². The number of ether oxygens (including phenoxy) is 1. The molecule has 0 atom stereocenters. The molecule has 51 heavy (non-hydrogen) atoms. The molecule has 270 valence electrons. The van der Waals surface area contributed by atoms with Gasteiger partial charge in [-0.2, -0.15) is 13.0 Å². The maximum atomic E-state index is 12.8. The van der Waals surface area contributed by atoms with Gasteiger partial charge in [-0.3, -0.25) is 19.5 Å². The van der Waals surface area contributed by atoms with Crippen molar-refractivity contribution in [1.82, 2.24) is 4.72 Å². The highest BCUT2D eigenvalue weighted by atomic mass is 32.2. The smallest absolute Gasteiger partial charge is 0.374 e. The summed E-state index contributed by atoms with van der Waals surface area (Å²) in [7, 11) is -8.27. The van der Waals surface area contributed by atoms with Crippen molar-refractivity contribution in [3.05, 3.63) is 106 Å². The molecule has 4 aromatic rings. The van der Waals surface area contributed by atoms with Crippen molar-refractivity contribution >= 4 is 54.7 Å². The summed E-state index contributed by atoms with van der Waals surface area (Å²) in [5.74, 6) is -0.132. The summed E-state index contributed by atoms with van der Waals surface area (Å²) in [4.78, 5) is 22.6. The summed E-state index contributed by atoms with van der Waals surface area (Å²) in [6.45, 7) is 2.66. The molecule has 0 aliphatic carbocycles. The fourth-order valence-corrected chi connectivity index (χ4v) is 7.05. The van der Waals surface area contributed by atoms with Crippen LogP contribution in [0.3, 0.4) is 0 Å². The number of nitro benzene ring substituents is 1. The maximum absolute atomic E-state index is 12.8. The standard InChI is InChI=1S/C34H36N4O11S2/c1-24-10-16-28-30(21-24)48-32(36(28)18-4-2-3-9-34(39)40)7-5-8-33-37(29-17-15-27(51(45,46)47)22-31(29)49-33)19-6-20-50(43,44)35-23-25-11-13-26(14-12-25)38(41)42/h5,7-8,10-17,21-22,35H,2-4,6,9,18-20,23H2,1H3,(H-,39,40,45,46,47)/p+1. The van der Waals surface area contributed by atoms with Crippen LogP contribution >= 0.6 is 0 Å². The van der Waals surface area contributed by atoms with Crippen molar-refractivity contribution in [2.75, 3.05) is 17.2 Å². The lowest BCUT2D eigenvalue weighted by Crippen LogP contribution is -2.35. The van der Waals surface area contributed by atoms with Gasteiger partial charge in [-0.25, -0.2) is 13.1 Å². The molecule has 1 aliphatic rings. The number of aromatic nitrogens is 1. The highest BCUT2D eigenvalue weighted by Gasteiger charge is 2.28. The zero-order valence-electron chi connectivity index (χ0n) is 27.6. The van der Waals surface area contributed by atoms with Gasteiger partial charge in [-0.15, -0.1) is 0 Å². The summed E-state index contributed by atoms with van der Waals surface area (Å²) in [6, 6.07) is 15.3. The summed E-state index contributed by atoms with van der Waals surface area (Å²) < 4.78 is 75.4. The first-order chi connectivity index (χ1) is 24.2. The van der Waals surface area contributed by atoms with Crippen molar-refractivity contribution in [1.29, 1.82) is 0 Å². The second-order valence-electron chi connectivity index (χ2n) is 11.9.